The van der Waals surface area contributed by atoms with E-state index < -0.39 is 33.7 Å². The van der Waals surface area contributed by atoms with Crippen LogP contribution in [-0.4, -0.2) is 31.4 Å². The molecule has 4 nitrogen and oxygen atoms in total. The van der Waals surface area contributed by atoms with Crippen molar-refractivity contribution >= 4 is 15.8 Å². The largest absolute Gasteiger partial charge is 0.481 e. The van der Waals surface area contributed by atoms with E-state index in [-0.39, 0.29) is 4.90 Å². The maximum Gasteiger partial charge on any atom is 0.403 e. The number of hydrogen-bond donors (Lipinski definition) is 1. The van der Waals surface area contributed by atoms with Crippen molar-refractivity contribution in [3.8, 4) is 0 Å². The number of aryl methyl sites for hydroxylation is 2. The first-order chi connectivity index (χ1) is 9.61. The highest BCUT2D eigenvalue weighted by Crippen LogP contribution is 2.31. The Bertz CT molecular complexity index is 664. The summed E-state index contributed by atoms with van der Waals surface area (Å²) in [4.78, 5) is 10.4. The summed E-state index contributed by atoms with van der Waals surface area (Å²) >= 11 is 0. The maximum absolute atomic E-state index is 12.6. The lowest BCUT2D eigenvalue weighted by Gasteiger charge is -2.16. The van der Waals surface area contributed by atoms with Crippen LogP contribution in [0.3, 0.4) is 0 Å². The summed E-state index contributed by atoms with van der Waals surface area (Å²) in [5.74, 6) is -6.59. The molecule has 2 rings (SSSR count). The second-order valence-electron chi connectivity index (χ2n) is 5.00. The molecule has 8 heteroatoms. The molecule has 1 aromatic carbocycles. The molecule has 0 fully saturated rings. The fraction of sp³-hybridized carbons (Fsp3) is 0.462. The van der Waals surface area contributed by atoms with Crippen molar-refractivity contribution < 1.29 is 31.5 Å². The fourth-order valence-corrected chi connectivity index (χ4v) is 3.92. The molecule has 0 bridgehead atoms. The van der Waals surface area contributed by atoms with Gasteiger partial charge in [-0.15, -0.1) is 0 Å². The minimum atomic E-state index is -5.10. The van der Waals surface area contributed by atoms with Crippen LogP contribution in [0.1, 0.15) is 17.5 Å². The van der Waals surface area contributed by atoms with Crippen molar-refractivity contribution in [1.29, 1.82) is 0 Å². The molecule has 1 aromatic rings. The Morgan fingerprint density at radius 1 is 1.24 bits per heavy atom. The van der Waals surface area contributed by atoms with Crippen LogP contribution < -0.4 is 0 Å². The topological polar surface area (TPSA) is 71.4 Å². The number of fused-ring (bicyclic) bond motifs is 1. The molecule has 0 amide bonds. The fourth-order valence-electron chi connectivity index (χ4n) is 2.36. The number of benzene rings is 1. The van der Waals surface area contributed by atoms with E-state index in [0.717, 1.165) is 24.0 Å². The Labute approximate surface area is 119 Å². The van der Waals surface area contributed by atoms with Gasteiger partial charge in [-0.1, -0.05) is 6.07 Å². The van der Waals surface area contributed by atoms with Crippen molar-refractivity contribution in [1.82, 2.24) is 0 Å². The van der Waals surface area contributed by atoms with E-state index in [1.54, 1.807) is 6.07 Å². The zero-order chi connectivity index (χ0) is 15.8. The Morgan fingerprint density at radius 2 is 1.86 bits per heavy atom. The minimum absolute atomic E-state index is 0.251. The third-order valence-corrected chi connectivity index (χ3v) is 5.25. The average Bonchev–Trinajstić information content (AvgIpc) is 2.81. The Morgan fingerprint density at radius 3 is 2.43 bits per heavy atom. The van der Waals surface area contributed by atoms with Gasteiger partial charge in [0.2, 0.25) is 0 Å². The molecule has 0 heterocycles. The van der Waals surface area contributed by atoms with Gasteiger partial charge in [-0.2, -0.15) is 13.2 Å². The van der Waals surface area contributed by atoms with Gasteiger partial charge in [0, 0.05) is 0 Å². The first-order valence-electron chi connectivity index (χ1n) is 6.25. The van der Waals surface area contributed by atoms with Gasteiger partial charge in [0.25, 0.3) is 0 Å². The Hall–Kier alpha value is -1.57. The van der Waals surface area contributed by atoms with Gasteiger partial charge >= 0.3 is 12.1 Å². The van der Waals surface area contributed by atoms with Gasteiger partial charge in [0.15, 0.2) is 15.8 Å². The molecule has 1 unspecified atom stereocenters. The molecular formula is C13H13F3O4S. The molecule has 1 aliphatic rings. The zero-order valence-corrected chi connectivity index (χ0v) is 11.7. The lowest BCUT2D eigenvalue weighted by molar-refractivity contribution is -0.189. The molecule has 116 valence electrons. The maximum atomic E-state index is 12.6. The lowest BCUT2D eigenvalue weighted by atomic mass is 10.1. The molecule has 1 aliphatic carbocycles. The quantitative estimate of drug-likeness (QED) is 0.922. The number of hydrogen-bond acceptors (Lipinski definition) is 3. The van der Waals surface area contributed by atoms with Crippen molar-refractivity contribution in [2.45, 2.75) is 30.3 Å². The Kier molecular flexibility index (Phi) is 4.01. The van der Waals surface area contributed by atoms with Crippen molar-refractivity contribution in [3.05, 3.63) is 29.3 Å². The number of alkyl halides is 3. The molecule has 0 saturated heterocycles. The number of sulfone groups is 1. The third kappa shape index (κ3) is 3.37. The van der Waals surface area contributed by atoms with E-state index >= 15 is 0 Å². The molecule has 0 saturated carbocycles. The van der Waals surface area contributed by atoms with Crippen molar-refractivity contribution in [2.75, 3.05) is 5.75 Å². The number of rotatable bonds is 4. The summed E-state index contributed by atoms with van der Waals surface area (Å²) < 4.78 is 61.8. The average molecular weight is 322 g/mol. The first-order valence-corrected chi connectivity index (χ1v) is 7.90. The SMILES string of the molecule is O=C(O)C(CS(=O)(=O)c1ccc2c(c1)CCC2)C(F)(F)F. The van der Waals surface area contributed by atoms with Gasteiger partial charge in [-0.05, 0) is 42.5 Å². The van der Waals surface area contributed by atoms with Gasteiger partial charge in [-0.25, -0.2) is 8.42 Å². The highest BCUT2D eigenvalue weighted by Gasteiger charge is 2.47. The highest BCUT2D eigenvalue weighted by atomic mass is 32.2. The predicted molar refractivity (Wildman–Crippen MR) is 67.7 cm³/mol. The summed E-state index contributed by atoms with van der Waals surface area (Å²) in [6.45, 7) is 0. The first kappa shape index (κ1) is 15.8. The molecule has 0 radical (unpaired) electrons. The molecule has 1 atom stereocenters. The van der Waals surface area contributed by atoms with Gasteiger partial charge < -0.3 is 5.11 Å². The van der Waals surface area contributed by atoms with Crippen LogP contribution in [0.2, 0.25) is 0 Å². The molecule has 1 N–H and O–H groups in total. The summed E-state index contributed by atoms with van der Waals surface area (Å²) in [7, 11) is -4.31. The van der Waals surface area contributed by atoms with Crippen LogP contribution in [-0.2, 0) is 27.5 Å². The number of aliphatic carboxylic acids is 1. The standard InChI is InChI=1S/C13H13F3O4S/c14-13(15,16)11(12(17)18)7-21(19,20)10-5-4-8-2-1-3-9(8)6-10/h4-6,11H,1-3,7H2,(H,17,18). The van der Waals surface area contributed by atoms with Gasteiger partial charge in [0.1, 0.15) is 0 Å². The van der Waals surface area contributed by atoms with Crippen LogP contribution in [0.15, 0.2) is 23.1 Å². The van der Waals surface area contributed by atoms with E-state index in [9.17, 15) is 26.4 Å². The van der Waals surface area contributed by atoms with Crippen molar-refractivity contribution in [3.63, 3.8) is 0 Å². The zero-order valence-electron chi connectivity index (χ0n) is 10.9. The van der Waals surface area contributed by atoms with Gasteiger partial charge in [-0.3, -0.25) is 4.79 Å². The van der Waals surface area contributed by atoms with E-state index in [4.69, 9.17) is 5.11 Å². The molecular weight excluding hydrogens is 309 g/mol. The second kappa shape index (κ2) is 5.32. The van der Waals surface area contributed by atoms with Crippen LogP contribution in [0.4, 0.5) is 13.2 Å². The second-order valence-corrected chi connectivity index (χ2v) is 7.03. The summed E-state index contributed by atoms with van der Waals surface area (Å²) in [6.07, 6.45) is -2.73. The Balaban J connectivity index is 2.32. The van der Waals surface area contributed by atoms with Crippen molar-refractivity contribution in [2.24, 2.45) is 5.92 Å². The third-order valence-electron chi connectivity index (χ3n) is 3.51. The van der Waals surface area contributed by atoms with Gasteiger partial charge in [0.05, 0.1) is 10.6 Å². The number of halogens is 3. The molecule has 0 aliphatic heterocycles. The number of carbonyl (C=O) groups is 1. The highest BCUT2D eigenvalue weighted by molar-refractivity contribution is 7.91. The predicted octanol–water partition coefficient (Wildman–Crippen LogP) is 2.21. The van der Waals surface area contributed by atoms with E-state index in [0.29, 0.717) is 6.42 Å². The summed E-state index contributed by atoms with van der Waals surface area (Å²) in [5, 5.41) is 8.59. The molecule has 0 aromatic heterocycles. The van der Waals surface area contributed by atoms with Crippen LogP contribution in [0.5, 0.6) is 0 Å². The van der Waals surface area contributed by atoms with Crippen LogP contribution in [0, 0.1) is 5.92 Å². The van der Waals surface area contributed by atoms with E-state index in [1.807, 2.05) is 0 Å². The lowest BCUT2D eigenvalue weighted by Crippen LogP contribution is -2.36. The minimum Gasteiger partial charge on any atom is -0.481 e. The molecule has 0 spiro atoms. The monoisotopic (exact) mass is 322 g/mol. The number of carboxylic acids is 1. The normalized spacial score (nSPS) is 16.5. The number of carboxylic acid groups (broad SMARTS) is 1. The van der Waals surface area contributed by atoms with Crippen LogP contribution in [0.25, 0.3) is 0 Å². The smallest absolute Gasteiger partial charge is 0.403 e. The molecule has 21 heavy (non-hydrogen) atoms. The van der Waals surface area contributed by atoms with E-state index in [2.05, 4.69) is 0 Å². The van der Waals surface area contributed by atoms with E-state index in [1.165, 1.54) is 12.1 Å². The van der Waals surface area contributed by atoms with Crippen LogP contribution >= 0.6 is 0 Å². The summed E-state index contributed by atoms with van der Waals surface area (Å²) in [6, 6.07) is 4.18. The summed E-state index contributed by atoms with van der Waals surface area (Å²) in [5.41, 5.74) is 1.79.